The lowest BCUT2D eigenvalue weighted by Gasteiger charge is -2.08. The fraction of sp³-hybridized carbons (Fsp3) is 0.417. The molecule has 1 atom stereocenters. The first kappa shape index (κ1) is 10.9. The minimum absolute atomic E-state index is 0.0835. The molecule has 1 unspecified atom stereocenters. The highest BCUT2D eigenvalue weighted by atomic mass is 16.1. The lowest BCUT2D eigenvalue weighted by molar-refractivity contribution is -0.121. The number of benzene rings is 1. The van der Waals surface area contributed by atoms with Gasteiger partial charge in [-0.1, -0.05) is 37.3 Å². The molecular formula is C12H17NO. The van der Waals surface area contributed by atoms with Gasteiger partial charge >= 0.3 is 0 Å². The van der Waals surface area contributed by atoms with Crippen LogP contribution >= 0.6 is 0 Å². The van der Waals surface area contributed by atoms with E-state index in [0.717, 1.165) is 12.0 Å². The summed E-state index contributed by atoms with van der Waals surface area (Å²) in [7, 11) is 0. The largest absolute Gasteiger partial charge is 0.330 e. The van der Waals surface area contributed by atoms with Gasteiger partial charge in [-0.05, 0) is 18.5 Å². The molecule has 1 rings (SSSR count). The van der Waals surface area contributed by atoms with E-state index in [2.05, 4.69) is 0 Å². The highest BCUT2D eigenvalue weighted by molar-refractivity contribution is 5.82. The van der Waals surface area contributed by atoms with Crippen LogP contribution in [0.25, 0.3) is 0 Å². The standard InChI is InChI=1S/C12H17NO/c1-10(7-8-13)12(14)9-11-5-3-2-4-6-11/h2-6,10H,7-9,13H2,1H3. The van der Waals surface area contributed by atoms with Gasteiger partial charge in [-0.3, -0.25) is 4.79 Å². The van der Waals surface area contributed by atoms with Crippen LogP contribution in [0.5, 0.6) is 0 Å². The summed E-state index contributed by atoms with van der Waals surface area (Å²) >= 11 is 0. The summed E-state index contributed by atoms with van der Waals surface area (Å²) in [6, 6.07) is 9.82. The molecule has 0 heterocycles. The van der Waals surface area contributed by atoms with Gasteiger partial charge in [0.2, 0.25) is 0 Å². The number of Topliss-reactive ketones (excluding diaryl/α,β-unsaturated/α-hetero) is 1. The average molecular weight is 191 g/mol. The number of carbonyl (C=O) groups excluding carboxylic acids is 1. The zero-order chi connectivity index (χ0) is 10.4. The Labute approximate surface area is 85.1 Å². The Hall–Kier alpha value is -1.15. The molecule has 2 N–H and O–H groups in total. The van der Waals surface area contributed by atoms with Gasteiger partial charge < -0.3 is 5.73 Å². The Balaban J connectivity index is 2.49. The summed E-state index contributed by atoms with van der Waals surface area (Å²) in [4.78, 5) is 11.6. The molecule has 1 aromatic rings. The Morgan fingerprint density at radius 3 is 2.57 bits per heavy atom. The number of carbonyl (C=O) groups is 1. The zero-order valence-corrected chi connectivity index (χ0v) is 8.57. The van der Waals surface area contributed by atoms with E-state index in [1.165, 1.54) is 0 Å². The normalized spacial score (nSPS) is 12.4. The molecule has 0 amide bonds. The number of nitrogens with two attached hydrogens (primary N) is 1. The molecule has 0 spiro atoms. The molecule has 2 heteroatoms. The van der Waals surface area contributed by atoms with E-state index >= 15 is 0 Å². The van der Waals surface area contributed by atoms with Crippen molar-refractivity contribution >= 4 is 5.78 Å². The minimum Gasteiger partial charge on any atom is -0.330 e. The Bertz CT molecular complexity index is 282. The summed E-state index contributed by atoms with van der Waals surface area (Å²) in [5.41, 5.74) is 6.49. The Kier molecular flexibility index (Phi) is 4.33. The molecule has 76 valence electrons. The average Bonchev–Trinajstić information content (AvgIpc) is 2.19. The molecule has 2 nitrogen and oxygen atoms in total. The van der Waals surface area contributed by atoms with Gasteiger partial charge in [-0.25, -0.2) is 0 Å². The van der Waals surface area contributed by atoms with Crippen LogP contribution in [0.2, 0.25) is 0 Å². The molecule has 0 saturated heterocycles. The molecule has 0 radical (unpaired) electrons. The topological polar surface area (TPSA) is 43.1 Å². The smallest absolute Gasteiger partial charge is 0.140 e. The monoisotopic (exact) mass is 191 g/mol. The van der Waals surface area contributed by atoms with Gasteiger partial charge in [-0.15, -0.1) is 0 Å². The second kappa shape index (κ2) is 5.55. The molecule has 0 aliphatic carbocycles. The van der Waals surface area contributed by atoms with Crippen molar-refractivity contribution in [2.24, 2.45) is 11.7 Å². The molecule has 0 saturated carbocycles. The van der Waals surface area contributed by atoms with Crippen molar-refractivity contribution in [2.75, 3.05) is 6.54 Å². The predicted octanol–water partition coefficient (Wildman–Crippen LogP) is 1.78. The highest BCUT2D eigenvalue weighted by Crippen LogP contribution is 2.08. The number of hydrogen-bond acceptors (Lipinski definition) is 2. The third kappa shape index (κ3) is 3.30. The van der Waals surface area contributed by atoms with Gasteiger partial charge in [0.1, 0.15) is 5.78 Å². The van der Waals surface area contributed by atoms with E-state index in [-0.39, 0.29) is 11.7 Å². The summed E-state index contributed by atoms with van der Waals surface area (Å²) in [6.07, 6.45) is 1.31. The molecule has 0 bridgehead atoms. The summed E-state index contributed by atoms with van der Waals surface area (Å²) in [5.74, 6) is 0.363. The summed E-state index contributed by atoms with van der Waals surface area (Å²) < 4.78 is 0. The van der Waals surface area contributed by atoms with Gasteiger partial charge in [-0.2, -0.15) is 0 Å². The first-order valence-electron chi connectivity index (χ1n) is 5.00. The first-order valence-corrected chi connectivity index (χ1v) is 5.00. The lowest BCUT2D eigenvalue weighted by atomic mass is 9.97. The SMILES string of the molecule is CC(CCN)C(=O)Cc1ccccc1. The van der Waals surface area contributed by atoms with Crippen LogP contribution in [0, 0.1) is 5.92 Å². The maximum absolute atomic E-state index is 11.6. The van der Waals surface area contributed by atoms with Crippen LogP contribution in [0.15, 0.2) is 30.3 Å². The van der Waals surface area contributed by atoms with Crippen molar-refractivity contribution in [3.8, 4) is 0 Å². The summed E-state index contributed by atoms with van der Waals surface area (Å²) in [6.45, 7) is 2.53. The zero-order valence-electron chi connectivity index (χ0n) is 8.57. The van der Waals surface area contributed by atoms with Crippen molar-refractivity contribution in [2.45, 2.75) is 19.8 Å². The second-order valence-electron chi connectivity index (χ2n) is 3.61. The molecule has 0 fully saturated rings. The van der Waals surface area contributed by atoms with E-state index in [4.69, 9.17) is 5.73 Å². The second-order valence-corrected chi connectivity index (χ2v) is 3.61. The van der Waals surface area contributed by atoms with Gasteiger partial charge in [0.15, 0.2) is 0 Å². The van der Waals surface area contributed by atoms with E-state index in [1.54, 1.807) is 0 Å². The van der Waals surface area contributed by atoms with Crippen molar-refractivity contribution < 1.29 is 4.79 Å². The fourth-order valence-corrected chi connectivity index (χ4v) is 1.38. The van der Waals surface area contributed by atoms with Crippen LogP contribution in [-0.2, 0) is 11.2 Å². The molecule has 0 aliphatic rings. The van der Waals surface area contributed by atoms with Crippen molar-refractivity contribution in [3.63, 3.8) is 0 Å². The number of ketones is 1. The Morgan fingerprint density at radius 1 is 1.36 bits per heavy atom. The van der Waals surface area contributed by atoms with Crippen LogP contribution in [0.3, 0.4) is 0 Å². The van der Waals surface area contributed by atoms with E-state index in [0.29, 0.717) is 13.0 Å². The van der Waals surface area contributed by atoms with Crippen LogP contribution in [-0.4, -0.2) is 12.3 Å². The molecule has 14 heavy (non-hydrogen) atoms. The first-order chi connectivity index (χ1) is 6.74. The van der Waals surface area contributed by atoms with Crippen molar-refractivity contribution in [3.05, 3.63) is 35.9 Å². The molecular weight excluding hydrogens is 174 g/mol. The third-order valence-corrected chi connectivity index (χ3v) is 2.37. The van der Waals surface area contributed by atoms with E-state index < -0.39 is 0 Å². The van der Waals surface area contributed by atoms with E-state index in [9.17, 15) is 4.79 Å². The third-order valence-electron chi connectivity index (χ3n) is 2.37. The Morgan fingerprint density at radius 2 is 2.00 bits per heavy atom. The number of hydrogen-bond donors (Lipinski definition) is 1. The maximum Gasteiger partial charge on any atom is 0.140 e. The van der Waals surface area contributed by atoms with Crippen LogP contribution in [0.1, 0.15) is 18.9 Å². The van der Waals surface area contributed by atoms with Crippen molar-refractivity contribution in [1.82, 2.24) is 0 Å². The molecule has 0 aromatic heterocycles. The predicted molar refractivity (Wildman–Crippen MR) is 58.0 cm³/mol. The molecule has 0 aliphatic heterocycles. The van der Waals surface area contributed by atoms with Gasteiger partial charge in [0.05, 0.1) is 0 Å². The van der Waals surface area contributed by atoms with Gasteiger partial charge in [0.25, 0.3) is 0 Å². The van der Waals surface area contributed by atoms with Crippen LogP contribution in [0.4, 0.5) is 0 Å². The lowest BCUT2D eigenvalue weighted by Crippen LogP contribution is -2.17. The fourth-order valence-electron chi connectivity index (χ4n) is 1.38. The highest BCUT2D eigenvalue weighted by Gasteiger charge is 2.11. The summed E-state index contributed by atoms with van der Waals surface area (Å²) in [5, 5.41) is 0. The van der Waals surface area contributed by atoms with Crippen LogP contribution < -0.4 is 5.73 Å². The maximum atomic E-state index is 11.6. The molecule has 1 aromatic carbocycles. The van der Waals surface area contributed by atoms with Crippen molar-refractivity contribution in [1.29, 1.82) is 0 Å². The minimum atomic E-state index is 0.0835. The van der Waals surface area contributed by atoms with E-state index in [1.807, 2.05) is 37.3 Å². The number of rotatable bonds is 5. The van der Waals surface area contributed by atoms with Gasteiger partial charge in [0, 0.05) is 12.3 Å². The quantitative estimate of drug-likeness (QED) is 0.771.